The third-order valence-corrected chi connectivity index (χ3v) is 7.79. The molecule has 0 nitrogen and oxygen atoms in total. The van der Waals surface area contributed by atoms with Crippen LogP contribution in [0.5, 0.6) is 0 Å². The largest absolute Gasteiger partial charge is 0.207 e. The number of benzene rings is 1. The number of hydrogen-bond donors (Lipinski definition) is 0. The predicted molar refractivity (Wildman–Crippen MR) is 108 cm³/mol. The third kappa shape index (κ3) is 3.92. The van der Waals surface area contributed by atoms with Crippen LogP contribution in [0.15, 0.2) is 36.4 Å². The van der Waals surface area contributed by atoms with Crippen LogP contribution in [0, 0.1) is 35.4 Å². The second-order valence-electron chi connectivity index (χ2n) is 9.28. The molecule has 0 bridgehead atoms. The molecule has 1 heteroatoms. The smallest absolute Gasteiger partial charge is 0.123 e. The highest BCUT2D eigenvalue weighted by Crippen LogP contribution is 2.54. The lowest BCUT2D eigenvalue weighted by Gasteiger charge is -2.50. The van der Waals surface area contributed by atoms with Crippen molar-refractivity contribution in [3.8, 4) is 0 Å². The van der Waals surface area contributed by atoms with Crippen LogP contribution in [-0.2, 0) is 0 Å². The molecule has 142 valence electrons. The van der Waals surface area contributed by atoms with E-state index < -0.39 is 0 Å². The maximum atomic E-state index is 13.2. The minimum Gasteiger partial charge on any atom is -0.207 e. The molecular weight excluding hydrogens is 319 g/mol. The lowest BCUT2D eigenvalue weighted by molar-refractivity contribution is 0.0127. The first kappa shape index (κ1) is 18.3. The van der Waals surface area contributed by atoms with Gasteiger partial charge in [0.25, 0.3) is 0 Å². The maximum Gasteiger partial charge on any atom is 0.123 e. The Bertz CT molecular complexity index is 601. The monoisotopic (exact) mass is 354 g/mol. The molecule has 0 amide bonds. The number of unbranched alkanes of at least 4 members (excludes halogenated alkanes) is 1. The number of fused-ring (bicyclic) bond motifs is 3. The molecule has 1 aromatic rings. The lowest BCUT2D eigenvalue weighted by Crippen LogP contribution is -2.41. The van der Waals surface area contributed by atoms with Crippen molar-refractivity contribution in [3.63, 3.8) is 0 Å². The number of allylic oxidation sites excluding steroid dienone is 2. The Kier molecular flexibility index (Phi) is 5.81. The first-order valence-corrected chi connectivity index (χ1v) is 11.2. The molecule has 0 saturated heterocycles. The Morgan fingerprint density at radius 1 is 0.885 bits per heavy atom. The van der Waals surface area contributed by atoms with Crippen LogP contribution in [0.1, 0.15) is 82.6 Å². The summed E-state index contributed by atoms with van der Waals surface area (Å²) in [5, 5.41) is 0. The van der Waals surface area contributed by atoms with Crippen LogP contribution in [-0.4, -0.2) is 0 Å². The average molecular weight is 355 g/mol. The molecule has 6 unspecified atom stereocenters. The van der Waals surface area contributed by atoms with E-state index in [1.165, 1.54) is 69.8 Å². The summed E-state index contributed by atoms with van der Waals surface area (Å²) in [5.74, 6) is 5.31. The van der Waals surface area contributed by atoms with Gasteiger partial charge < -0.3 is 0 Å². The van der Waals surface area contributed by atoms with Gasteiger partial charge >= 0.3 is 0 Å². The van der Waals surface area contributed by atoms with E-state index in [0.717, 1.165) is 29.6 Å². The van der Waals surface area contributed by atoms with E-state index in [1.807, 2.05) is 12.1 Å². The summed E-state index contributed by atoms with van der Waals surface area (Å²) >= 11 is 0. The van der Waals surface area contributed by atoms with Crippen LogP contribution in [0.25, 0.3) is 0 Å². The van der Waals surface area contributed by atoms with Crippen molar-refractivity contribution in [3.05, 3.63) is 47.8 Å². The van der Waals surface area contributed by atoms with Gasteiger partial charge in [-0.15, -0.1) is 0 Å². The number of hydrogen-bond acceptors (Lipinski definition) is 0. The third-order valence-electron chi connectivity index (χ3n) is 7.79. The van der Waals surface area contributed by atoms with Gasteiger partial charge in [-0.05, 0) is 111 Å². The van der Waals surface area contributed by atoms with E-state index in [1.54, 1.807) is 12.1 Å². The Labute approximate surface area is 159 Å². The molecule has 0 aliphatic heterocycles. The Balaban J connectivity index is 1.36. The normalized spacial score (nSPS) is 37.3. The van der Waals surface area contributed by atoms with Gasteiger partial charge in [-0.2, -0.15) is 0 Å². The summed E-state index contributed by atoms with van der Waals surface area (Å²) in [6, 6.07) is 7.34. The highest BCUT2D eigenvalue weighted by Gasteiger charge is 2.44. The Morgan fingerprint density at radius 2 is 1.58 bits per heavy atom. The molecule has 3 aliphatic carbocycles. The van der Waals surface area contributed by atoms with Crippen LogP contribution >= 0.6 is 0 Å². The Hall–Kier alpha value is -1.11. The zero-order valence-corrected chi connectivity index (χ0v) is 16.4. The molecule has 3 fully saturated rings. The molecule has 26 heavy (non-hydrogen) atoms. The maximum absolute atomic E-state index is 13.2. The Morgan fingerprint density at radius 3 is 2.31 bits per heavy atom. The van der Waals surface area contributed by atoms with Crippen molar-refractivity contribution in [2.24, 2.45) is 29.6 Å². The summed E-state index contributed by atoms with van der Waals surface area (Å²) in [5.41, 5.74) is 1.37. The van der Waals surface area contributed by atoms with Crippen molar-refractivity contribution in [2.75, 3.05) is 0 Å². The zero-order chi connectivity index (χ0) is 17.9. The quantitative estimate of drug-likeness (QED) is 0.491. The molecule has 0 N–H and O–H groups in total. The molecule has 3 aliphatic rings. The molecule has 1 aromatic carbocycles. The molecule has 3 saturated carbocycles. The first-order chi connectivity index (χ1) is 12.7. The second-order valence-corrected chi connectivity index (χ2v) is 9.28. The topological polar surface area (TPSA) is 0 Å². The van der Waals surface area contributed by atoms with Crippen molar-refractivity contribution in [2.45, 2.75) is 77.0 Å². The summed E-state index contributed by atoms with van der Waals surface area (Å²) < 4.78 is 13.2. The highest BCUT2D eigenvalue weighted by atomic mass is 19.1. The van der Waals surface area contributed by atoms with Crippen LogP contribution in [0.3, 0.4) is 0 Å². The SMILES string of the molecule is CCC/C=C/C1CCC2C(CCC3CC(c4ccc(F)cc4)CCC32)C1. The van der Waals surface area contributed by atoms with Gasteiger partial charge in [0.2, 0.25) is 0 Å². The summed E-state index contributed by atoms with van der Waals surface area (Å²) in [6.07, 6.45) is 18.8. The predicted octanol–water partition coefficient (Wildman–Crippen LogP) is 7.51. The summed E-state index contributed by atoms with van der Waals surface area (Å²) in [7, 11) is 0. The second kappa shape index (κ2) is 8.28. The van der Waals surface area contributed by atoms with E-state index in [9.17, 15) is 4.39 Å². The molecule has 0 heterocycles. The van der Waals surface area contributed by atoms with Crippen LogP contribution in [0.2, 0.25) is 0 Å². The fourth-order valence-corrected chi connectivity index (χ4v) is 6.50. The highest BCUT2D eigenvalue weighted by molar-refractivity contribution is 5.21. The van der Waals surface area contributed by atoms with E-state index in [4.69, 9.17) is 0 Å². The molecule has 0 radical (unpaired) electrons. The number of halogens is 1. The minimum atomic E-state index is -0.104. The molecule has 6 atom stereocenters. The van der Waals surface area contributed by atoms with E-state index in [2.05, 4.69) is 19.1 Å². The van der Waals surface area contributed by atoms with Gasteiger partial charge in [0.15, 0.2) is 0 Å². The lowest BCUT2D eigenvalue weighted by atomic mass is 9.55. The molecule has 4 rings (SSSR count). The van der Waals surface area contributed by atoms with Crippen molar-refractivity contribution < 1.29 is 4.39 Å². The fourth-order valence-electron chi connectivity index (χ4n) is 6.50. The van der Waals surface area contributed by atoms with Crippen molar-refractivity contribution >= 4 is 0 Å². The zero-order valence-electron chi connectivity index (χ0n) is 16.4. The van der Waals surface area contributed by atoms with E-state index in [0.29, 0.717) is 5.92 Å². The van der Waals surface area contributed by atoms with Gasteiger partial charge in [0, 0.05) is 0 Å². The van der Waals surface area contributed by atoms with Gasteiger partial charge in [-0.3, -0.25) is 0 Å². The minimum absolute atomic E-state index is 0.104. The summed E-state index contributed by atoms with van der Waals surface area (Å²) in [6.45, 7) is 2.27. The van der Waals surface area contributed by atoms with E-state index >= 15 is 0 Å². The van der Waals surface area contributed by atoms with Crippen molar-refractivity contribution in [1.82, 2.24) is 0 Å². The van der Waals surface area contributed by atoms with Gasteiger partial charge in [0.1, 0.15) is 5.82 Å². The number of rotatable bonds is 4. The van der Waals surface area contributed by atoms with E-state index in [-0.39, 0.29) is 5.82 Å². The van der Waals surface area contributed by atoms with Crippen LogP contribution in [0.4, 0.5) is 4.39 Å². The van der Waals surface area contributed by atoms with Crippen LogP contribution < -0.4 is 0 Å². The van der Waals surface area contributed by atoms with Gasteiger partial charge in [-0.25, -0.2) is 4.39 Å². The molecule has 0 spiro atoms. The van der Waals surface area contributed by atoms with Gasteiger partial charge in [-0.1, -0.05) is 37.6 Å². The van der Waals surface area contributed by atoms with Gasteiger partial charge in [0.05, 0.1) is 0 Å². The summed E-state index contributed by atoms with van der Waals surface area (Å²) in [4.78, 5) is 0. The standard InChI is InChI=1S/C25H35F/c1-2-3-4-5-18-6-14-24-21(16-18)7-8-22-17-20(11-15-25(22)24)19-9-12-23(26)13-10-19/h4-5,9-10,12-13,18,20-22,24-25H,2-3,6-8,11,14-17H2,1H3/b5-4+. The average Bonchev–Trinajstić information content (AvgIpc) is 2.68. The first-order valence-electron chi connectivity index (χ1n) is 11.2. The molecule has 0 aromatic heterocycles. The fraction of sp³-hybridized carbons (Fsp3) is 0.680. The molecular formula is C25H35F. The van der Waals surface area contributed by atoms with Crippen molar-refractivity contribution in [1.29, 1.82) is 0 Å².